The number of rotatable bonds is 3. The van der Waals surface area contributed by atoms with Crippen LogP contribution >= 0.6 is 0 Å². The Labute approximate surface area is 142 Å². The summed E-state index contributed by atoms with van der Waals surface area (Å²) in [7, 11) is 0. The van der Waals surface area contributed by atoms with Crippen LogP contribution < -0.4 is 4.90 Å². The Morgan fingerprint density at radius 2 is 1.92 bits per heavy atom. The number of hydrogen-bond acceptors (Lipinski definition) is 6. The zero-order chi connectivity index (χ0) is 17.4. The first-order valence-electron chi connectivity index (χ1n) is 8.35. The van der Waals surface area contributed by atoms with Gasteiger partial charge in [-0.1, -0.05) is 0 Å². The molecule has 4 rings (SSSR count). The van der Waals surface area contributed by atoms with Crippen molar-refractivity contribution in [2.45, 2.75) is 12.6 Å². The van der Waals surface area contributed by atoms with Gasteiger partial charge in [-0.25, -0.2) is 0 Å². The maximum atomic E-state index is 13.0. The minimum absolute atomic E-state index is 0.0935. The van der Waals surface area contributed by atoms with Gasteiger partial charge in [0.15, 0.2) is 5.65 Å². The van der Waals surface area contributed by atoms with Crippen molar-refractivity contribution in [3.8, 4) is 0 Å². The lowest BCUT2D eigenvalue weighted by Gasteiger charge is -2.36. The standard InChI is InChI=1S/C15H19F3N6O/c16-15(17,18)14-20-19-12-1-2-13(21-24(12)14)23-6-4-22(5-7-23)9-11-3-8-25-10-11/h1-2,11H,3-10H2. The molecular weight excluding hydrogens is 337 g/mol. The van der Waals surface area contributed by atoms with Crippen LogP contribution in [0.15, 0.2) is 12.1 Å². The minimum atomic E-state index is -4.58. The second-order valence-electron chi connectivity index (χ2n) is 6.50. The third kappa shape index (κ3) is 3.40. The van der Waals surface area contributed by atoms with Crippen LogP contribution in [0.2, 0.25) is 0 Å². The summed E-state index contributed by atoms with van der Waals surface area (Å²) in [6.45, 7) is 5.88. The lowest BCUT2D eigenvalue weighted by molar-refractivity contribution is -0.146. The van der Waals surface area contributed by atoms with Crippen LogP contribution in [0.1, 0.15) is 12.2 Å². The third-order valence-corrected chi connectivity index (χ3v) is 4.74. The molecule has 0 radical (unpaired) electrons. The molecule has 7 nitrogen and oxygen atoms in total. The third-order valence-electron chi connectivity index (χ3n) is 4.74. The molecule has 0 N–H and O–H groups in total. The second kappa shape index (κ2) is 6.41. The average molecular weight is 356 g/mol. The van der Waals surface area contributed by atoms with Crippen LogP contribution in [0.5, 0.6) is 0 Å². The maximum absolute atomic E-state index is 13.0. The molecule has 2 saturated heterocycles. The van der Waals surface area contributed by atoms with Crippen LogP contribution in [0.25, 0.3) is 5.65 Å². The first-order chi connectivity index (χ1) is 12.0. The largest absolute Gasteiger partial charge is 0.453 e. The first-order valence-corrected chi connectivity index (χ1v) is 8.35. The van der Waals surface area contributed by atoms with E-state index >= 15 is 0 Å². The fourth-order valence-electron chi connectivity index (χ4n) is 3.38. The van der Waals surface area contributed by atoms with Gasteiger partial charge in [-0.15, -0.1) is 15.3 Å². The van der Waals surface area contributed by atoms with Crippen molar-refractivity contribution in [3.05, 3.63) is 18.0 Å². The molecule has 0 spiro atoms. The molecule has 136 valence electrons. The molecule has 25 heavy (non-hydrogen) atoms. The highest BCUT2D eigenvalue weighted by Gasteiger charge is 2.38. The van der Waals surface area contributed by atoms with E-state index in [2.05, 4.69) is 20.2 Å². The van der Waals surface area contributed by atoms with Gasteiger partial charge in [-0.2, -0.15) is 17.7 Å². The summed E-state index contributed by atoms with van der Waals surface area (Å²) in [5.41, 5.74) is 0.0935. The number of aromatic nitrogens is 4. The summed E-state index contributed by atoms with van der Waals surface area (Å²) in [4.78, 5) is 4.38. The van der Waals surface area contributed by atoms with Crippen LogP contribution in [0.4, 0.5) is 19.0 Å². The van der Waals surface area contributed by atoms with Gasteiger partial charge in [0.1, 0.15) is 5.82 Å². The highest BCUT2D eigenvalue weighted by molar-refractivity contribution is 5.46. The highest BCUT2D eigenvalue weighted by atomic mass is 19.4. The van der Waals surface area contributed by atoms with Gasteiger partial charge in [0, 0.05) is 39.3 Å². The van der Waals surface area contributed by atoms with Crippen molar-refractivity contribution in [3.63, 3.8) is 0 Å². The predicted molar refractivity (Wildman–Crippen MR) is 83.4 cm³/mol. The van der Waals surface area contributed by atoms with E-state index in [0.717, 1.165) is 56.9 Å². The van der Waals surface area contributed by atoms with Crippen molar-refractivity contribution >= 4 is 11.5 Å². The number of halogens is 3. The van der Waals surface area contributed by atoms with Crippen molar-refractivity contribution in [1.82, 2.24) is 24.7 Å². The summed E-state index contributed by atoms with van der Waals surface area (Å²) in [5, 5.41) is 10.9. The normalized spacial score (nSPS) is 22.8. The molecule has 2 aromatic rings. The minimum Gasteiger partial charge on any atom is -0.381 e. The molecule has 2 fully saturated rings. The molecular formula is C15H19F3N6O. The Morgan fingerprint density at radius 1 is 1.12 bits per heavy atom. The quantitative estimate of drug-likeness (QED) is 0.826. The van der Waals surface area contributed by atoms with E-state index in [-0.39, 0.29) is 5.65 Å². The van der Waals surface area contributed by atoms with Crippen molar-refractivity contribution < 1.29 is 17.9 Å². The van der Waals surface area contributed by atoms with E-state index in [9.17, 15) is 13.2 Å². The van der Waals surface area contributed by atoms with E-state index in [4.69, 9.17) is 4.74 Å². The second-order valence-corrected chi connectivity index (χ2v) is 6.50. The summed E-state index contributed by atoms with van der Waals surface area (Å²) < 4.78 is 45.1. The number of anilines is 1. The van der Waals surface area contributed by atoms with Gasteiger partial charge in [-0.3, -0.25) is 4.90 Å². The summed E-state index contributed by atoms with van der Waals surface area (Å²) in [5.74, 6) is 0.0123. The van der Waals surface area contributed by atoms with Gasteiger partial charge in [0.05, 0.1) is 6.61 Å². The molecule has 2 aromatic heterocycles. The summed E-state index contributed by atoms with van der Waals surface area (Å²) >= 11 is 0. The molecule has 0 saturated carbocycles. The van der Waals surface area contributed by atoms with E-state index in [1.807, 2.05) is 4.90 Å². The van der Waals surface area contributed by atoms with Crippen LogP contribution in [-0.4, -0.2) is 70.6 Å². The van der Waals surface area contributed by atoms with Crippen LogP contribution in [0, 0.1) is 5.92 Å². The molecule has 0 amide bonds. The van der Waals surface area contributed by atoms with Gasteiger partial charge in [-0.05, 0) is 24.5 Å². The van der Waals surface area contributed by atoms with Crippen molar-refractivity contribution in [2.24, 2.45) is 5.92 Å². The van der Waals surface area contributed by atoms with E-state index in [0.29, 0.717) is 11.7 Å². The molecule has 0 aliphatic carbocycles. The molecule has 1 atom stereocenters. The van der Waals surface area contributed by atoms with Crippen LogP contribution in [-0.2, 0) is 10.9 Å². The number of piperazine rings is 1. The Bertz CT molecular complexity index is 734. The number of hydrogen-bond donors (Lipinski definition) is 0. The Morgan fingerprint density at radius 3 is 2.60 bits per heavy atom. The van der Waals surface area contributed by atoms with Crippen molar-refractivity contribution in [1.29, 1.82) is 0 Å². The Balaban J connectivity index is 1.45. The van der Waals surface area contributed by atoms with Gasteiger partial charge >= 0.3 is 6.18 Å². The molecule has 1 unspecified atom stereocenters. The van der Waals surface area contributed by atoms with Crippen molar-refractivity contribution in [2.75, 3.05) is 50.8 Å². The molecule has 2 aliphatic heterocycles. The number of ether oxygens (including phenoxy) is 1. The molecule has 10 heteroatoms. The molecule has 0 aromatic carbocycles. The van der Waals surface area contributed by atoms with E-state index in [1.54, 1.807) is 6.07 Å². The SMILES string of the molecule is FC(F)(F)c1nnc2ccc(N3CCN(CC4CCOC4)CC3)nn12. The molecule has 2 aliphatic rings. The fraction of sp³-hybridized carbons (Fsp3) is 0.667. The molecule has 4 heterocycles. The smallest absolute Gasteiger partial charge is 0.381 e. The lowest BCUT2D eigenvalue weighted by Crippen LogP contribution is -2.48. The van der Waals surface area contributed by atoms with Crippen LogP contribution in [0.3, 0.4) is 0 Å². The van der Waals surface area contributed by atoms with Gasteiger partial charge in [0.2, 0.25) is 0 Å². The molecule has 0 bridgehead atoms. The zero-order valence-electron chi connectivity index (χ0n) is 13.6. The predicted octanol–water partition coefficient (Wildman–Crippen LogP) is 1.30. The number of alkyl halides is 3. The zero-order valence-corrected chi connectivity index (χ0v) is 13.6. The number of fused-ring (bicyclic) bond motifs is 1. The topological polar surface area (TPSA) is 58.8 Å². The maximum Gasteiger partial charge on any atom is 0.453 e. The number of nitrogens with zero attached hydrogens (tertiary/aromatic N) is 6. The highest BCUT2D eigenvalue weighted by Crippen LogP contribution is 2.28. The van der Waals surface area contributed by atoms with E-state index < -0.39 is 12.0 Å². The van der Waals surface area contributed by atoms with Gasteiger partial charge < -0.3 is 9.64 Å². The first kappa shape index (κ1) is 16.5. The summed E-state index contributed by atoms with van der Waals surface area (Å²) in [6, 6.07) is 3.22. The fourth-order valence-corrected chi connectivity index (χ4v) is 3.38. The summed E-state index contributed by atoms with van der Waals surface area (Å²) in [6.07, 6.45) is -3.47. The van der Waals surface area contributed by atoms with Gasteiger partial charge in [0.25, 0.3) is 5.82 Å². The Hall–Kier alpha value is -1.94. The lowest BCUT2D eigenvalue weighted by atomic mass is 10.1. The van der Waals surface area contributed by atoms with E-state index in [1.165, 1.54) is 6.07 Å². The monoisotopic (exact) mass is 356 g/mol. The average Bonchev–Trinajstić information content (AvgIpc) is 3.23. The Kier molecular flexibility index (Phi) is 4.24.